The maximum atomic E-state index is 12.4. The lowest BCUT2D eigenvalue weighted by atomic mass is 9.90. The van der Waals surface area contributed by atoms with Crippen LogP contribution in [0.15, 0.2) is 29.6 Å². The molecule has 1 fully saturated rings. The van der Waals surface area contributed by atoms with Crippen molar-refractivity contribution in [3.05, 3.63) is 35.2 Å². The van der Waals surface area contributed by atoms with Gasteiger partial charge in [0.2, 0.25) is 0 Å². The van der Waals surface area contributed by atoms with Crippen LogP contribution in [0.3, 0.4) is 0 Å². The zero-order valence-corrected chi connectivity index (χ0v) is 11.5. The summed E-state index contributed by atoms with van der Waals surface area (Å²) in [7, 11) is 0. The number of carbonyl (C=O) groups excluding carboxylic acids is 1. The smallest absolute Gasteiger partial charge is 0.140 e. The molecule has 3 rings (SSSR count). The molecule has 1 saturated carbocycles. The zero-order valence-electron chi connectivity index (χ0n) is 10.7. The van der Waals surface area contributed by atoms with Crippen molar-refractivity contribution in [1.29, 1.82) is 0 Å². The lowest BCUT2D eigenvalue weighted by Crippen LogP contribution is -2.18. The molecule has 1 aromatic carbocycles. The molecule has 2 atom stereocenters. The van der Waals surface area contributed by atoms with Crippen molar-refractivity contribution < 1.29 is 4.79 Å². The molecule has 1 heterocycles. The highest BCUT2D eigenvalue weighted by Crippen LogP contribution is 2.34. The Morgan fingerprint density at radius 3 is 2.94 bits per heavy atom. The van der Waals surface area contributed by atoms with Gasteiger partial charge in [0.15, 0.2) is 0 Å². The molecule has 0 radical (unpaired) electrons. The van der Waals surface area contributed by atoms with Crippen molar-refractivity contribution in [1.82, 2.24) is 0 Å². The highest BCUT2D eigenvalue weighted by Gasteiger charge is 2.29. The first-order valence-electron chi connectivity index (χ1n) is 6.73. The van der Waals surface area contributed by atoms with E-state index in [2.05, 4.69) is 36.6 Å². The van der Waals surface area contributed by atoms with Gasteiger partial charge in [0.25, 0.3) is 0 Å². The first-order valence-corrected chi connectivity index (χ1v) is 7.61. The number of fused-ring (bicyclic) bond motifs is 1. The summed E-state index contributed by atoms with van der Waals surface area (Å²) in [6, 6.07) is 8.38. The Hall–Kier alpha value is -1.15. The fraction of sp³-hybridized carbons (Fsp3) is 0.438. The Kier molecular flexibility index (Phi) is 3.21. The molecule has 94 valence electrons. The minimum Gasteiger partial charge on any atom is -0.299 e. The van der Waals surface area contributed by atoms with Gasteiger partial charge in [0.1, 0.15) is 5.78 Å². The molecule has 2 unspecified atom stereocenters. The van der Waals surface area contributed by atoms with Gasteiger partial charge >= 0.3 is 0 Å². The SMILES string of the molecule is CC1CCCC1C(=O)Cc1csc2ccccc12. The molecule has 2 aromatic rings. The summed E-state index contributed by atoms with van der Waals surface area (Å²) in [6.45, 7) is 2.22. The number of thiophene rings is 1. The third-order valence-electron chi connectivity index (χ3n) is 4.20. The summed E-state index contributed by atoms with van der Waals surface area (Å²) in [5.74, 6) is 1.34. The highest BCUT2D eigenvalue weighted by atomic mass is 32.1. The second-order valence-electron chi connectivity index (χ2n) is 5.41. The summed E-state index contributed by atoms with van der Waals surface area (Å²) in [6.07, 6.45) is 4.17. The van der Waals surface area contributed by atoms with Gasteiger partial charge in [-0.15, -0.1) is 11.3 Å². The lowest BCUT2D eigenvalue weighted by molar-refractivity contribution is -0.123. The second-order valence-corrected chi connectivity index (χ2v) is 6.33. The molecule has 0 bridgehead atoms. The van der Waals surface area contributed by atoms with E-state index >= 15 is 0 Å². The molecule has 1 aliphatic rings. The van der Waals surface area contributed by atoms with Crippen molar-refractivity contribution in [2.45, 2.75) is 32.6 Å². The quantitative estimate of drug-likeness (QED) is 0.795. The molecular formula is C16H18OS. The molecule has 0 spiro atoms. The number of ketones is 1. The van der Waals surface area contributed by atoms with E-state index in [0.717, 1.165) is 6.42 Å². The van der Waals surface area contributed by atoms with Crippen LogP contribution in [0.25, 0.3) is 10.1 Å². The molecule has 0 saturated heterocycles. The largest absolute Gasteiger partial charge is 0.299 e. The molecule has 0 amide bonds. The van der Waals surface area contributed by atoms with Gasteiger partial charge in [-0.05, 0) is 41.2 Å². The van der Waals surface area contributed by atoms with Gasteiger partial charge < -0.3 is 0 Å². The summed E-state index contributed by atoms with van der Waals surface area (Å²) < 4.78 is 1.29. The average Bonchev–Trinajstić information content (AvgIpc) is 2.97. The fourth-order valence-corrected chi connectivity index (χ4v) is 4.08. The molecule has 1 aromatic heterocycles. The molecule has 0 aliphatic heterocycles. The van der Waals surface area contributed by atoms with Gasteiger partial charge in [-0.25, -0.2) is 0 Å². The third-order valence-corrected chi connectivity index (χ3v) is 5.21. The summed E-state index contributed by atoms with van der Waals surface area (Å²) >= 11 is 1.75. The van der Waals surface area contributed by atoms with Crippen LogP contribution in [0.2, 0.25) is 0 Å². The lowest BCUT2D eigenvalue weighted by Gasteiger charge is -2.13. The van der Waals surface area contributed by atoms with Crippen LogP contribution < -0.4 is 0 Å². The molecule has 18 heavy (non-hydrogen) atoms. The average molecular weight is 258 g/mol. The third kappa shape index (κ3) is 2.10. The van der Waals surface area contributed by atoms with Crippen LogP contribution in [0.4, 0.5) is 0 Å². The Morgan fingerprint density at radius 2 is 2.17 bits per heavy atom. The monoisotopic (exact) mass is 258 g/mol. The fourth-order valence-electron chi connectivity index (χ4n) is 3.11. The van der Waals surface area contributed by atoms with E-state index in [0.29, 0.717) is 24.0 Å². The topological polar surface area (TPSA) is 17.1 Å². The van der Waals surface area contributed by atoms with Gasteiger partial charge in [0, 0.05) is 17.0 Å². The van der Waals surface area contributed by atoms with Crippen LogP contribution in [-0.4, -0.2) is 5.78 Å². The van der Waals surface area contributed by atoms with E-state index in [4.69, 9.17) is 0 Å². The summed E-state index contributed by atoms with van der Waals surface area (Å²) in [5.41, 5.74) is 1.22. The van der Waals surface area contributed by atoms with E-state index in [1.54, 1.807) is 11.3 Å². The minimum atomic E-state index is 0.309. The maximum absolute atomic E-state index is 12.4. The molecule has 1 aliphatic carbocycles. The van der Waals surface area contributed by atoms with E-state index in [1.165, 1.54) is 28.5 Å². The van der Waals surface area contributed by atoms with Gasteiger partial charge in [-0.2, -0.15) is 0 Å². The van der Waals surface area contributed by atoms with Crippen molar-refractivity contribution in [2.75, 3.05) is 0 Å². The van der Waals surface area contributed by atoms with Gasteiger partial charge in [-0.1, -0.05) is 31.5 Å². The second kappa shape index (κ2) is 4.85. The predicted molar refractivity (Wildman–Crippen MR) is 77.0 cm³/mol. The Balaban J connectivity index is 1.82. The van der Waals surface area contributed by atoms with E-state index in [1.807, 2.05) is 0 Å². The van der Waals surface area contributed by atoms with Crippen LogP contribution in [0.1, 0.15) is 31.7 Å². The Bertz CT molecular complexity index is 569. The van der Waals surface area contributed by atoms with Gasteiger partial charge in [0.05, 0.1) is 0 Å². The van der Waals surface area contributed by atoms with Crippen molar-refractivity contribution >= 4 is 27.2 Å². The highest BCUT2D eigenvalue weighted by molar-refractivity contribution is 7.17. The molecule has 1 nitrogen and oxygen atoms in total. The van der Waals surface area contributed by atoms with Crippen LogP contribution in [0.5, 0.6) is 0 Å². The Labute approximate surface area is 112 Å². The normalized spacial score (nSPS) is 23.6. The number of benzene rings is 1. The number of carbonyl (C=O) groups is 1. The van der Waals surface area contributed by atoms with Crippen LogP contribution in [-0.2, 0) is 11.2 Å². The standard InChI is InChI=1S/C16H18OS/c1-11-5-4-7-13(11)15(17)9-12-10-18-16-8-3-2-6-14(12)16/h2-3,6,8,10-11,13H,4-5,7,9H2,1H3. The first kappa shape index (κ1) is 11.9. The van der Waals surface area contributed by atoms with E-state index in [9.17, 15) is 4.79 Å². The summed E-state index contributed by atoms with van der Waals surface area (Å²) in [4.78, 5) is 12.4. The van der Waals surface area contributed by atoms with Crippen molar-refractivity contribution in [3.8, 4) is 0 Å². The number of hydrogen-bond acceptors (Lipinski definition) is 2. The number of Topliss-reactive ketones (excluding diaryl/α,β-unsaturated/α-hetero) is 1. The zero-order chi connectivity index (χ0) is 12.5. The van der Waals surface area contributed by atoms with E-state index in [-0.39, 0.29) is 0 Å². The molecule has 0 N–H and O–H groups in total. The number of rotatable bonds is 3. The van der Waals surface area contributed by atoms with Crippen LogP contribution >= 0.6 is 11.3 Å². The predicted octanol–water partition coefficient (Wildman–Crippen LogP) is 4.45. The van der Waals surface area contributed by atoms with Crippen molar-refractivity contribution in [3.63, 3.8) is 0 Å². The first-order chi connectivity index (χ1) is 8.75. The van der Waals surface area contributed by atoms with Crippen LogP contribution in [0, 0.1) is 11.8 Å². The van der Waals surface area contributed by atoms with Crippen molar-refractivity contribution in [2.24, 2.45) is 11.8 Å². The van der Waals surface area contributed by atoms with E-state index < -0.39 is 0 Å². The maximum Gasteiger partial charge on any atom is 0.140 e. The summed E-state index contributed by atoms with van der Waals surface area (Å²) in [5, 5.41) is 3.42. The molecular weight excluding hydrogens is 240 g/mol. The Morgan fingerprint density at radius 1 is 1.33 bits per heavy atom. The molecule has 2 heteroatoms. The van der Waals surface area contributed by atoms with Gasteiger partial charge in [-0.3, -0.25) is 4.79 Å². The minimum absolute atomic E-state index is 0.309. The number of hydrogen-bond donors (Lipinski definition) is 0.